The summed E-state index contributed by atoms with van der Waals surface area (Å²) < 4.78 is 90.0. The molecule has 0 fully saturated rings. The average Bonchev–Trinajstić information content (AvgIpc) is 2.67. The van der Waals surface area contributed by atoms with Crippen molar-refractivity contribution >= 4 is 17.0 Å². The van der Waals surface area contributed by atoms with Crippen LogP contribution in [0.3, 0.4) is 0 Å². The van der Waals surface area contributed by atoms with Gasteiger partial charge in [-0.05, 0) is 50.6 Å². The topological polar surface area (TPSA) is 77.5 Å². The SMILES string of the molecule is COC(=O)CC(NS(=O)C(C)(C)C)(c1ccc(OC(F)(F)F)c(F)c1)c1ncccc1F. The second-order valence-electron chi connectivity index (χ2n) is 7.67. The Balaban J connectivity index is 2.78. The fourth-order valence-corrected chi connectivity index (χ4v) is 3.65. The highest BCUT2D eigenvalue weighted by atomic mass is 32.2. The number of carbonyl (C=O) groups excluding carboxylic acids is 1. The number of nitrogens with zero attached hydrogens (tertiary/aromatic N) is 1. The van der Waals surface area contributed by atoms with Gasteiger partial charge >= 0.3 is 12.3 Å². The minimum absolute atomic E-state index is 0.217. The highest BCUT2D eigenvalue weighted by molar-refractivity contribution is 7.84. The van der Waals surface area contributed by atoms with Gasteiger partial charge in [0.1, 0.15) is 17.1 Å². The van der Waals surface area contributed by atoms with E-state index in [4.69, 9.17) is 0 Å². The second kappa shape index (κ2) is 9.49. The van der Waals surface area contributed by atoms with Crippen LogP contribution in [0.5, 0.6) is 5.75 Å². The molecule has 2 rings (SSSR count). The molecule has 2 unspecified atom stereocenters. The zero-order valence-electron chi connectivity index (χ0n) is 17.5. The summed E-state index contributed by atoms with van der Waals surface area (Å²) in [5.41, 5.74) is -2.69. The molecule has 0 amide bonds. The van der Waals surface area contributed by atoms with Gasteiger partial charge in [-0.15, -0.1) is 13.2 Å². The van der Waals surface area contributed by atoms with E-state index in [0.717, 1.165) is 19.2 Å². The second-order valence-corrected chi connectivity index (χ2v) is 9.63. The van der Waals surface area contributed by atoms with Crippen LogP contribution in [0.25, 0.3) is 0 Å². The molecule has 1 heterocycles. The quantitative estimate of drug-likeness (QED) is 0.477. The Kier molecular flexibility index (Phi) is 7.61. The van der Waals surface area contributed by atoms with Crippen molar-refractivity contribution in [3.05, 3.63) is 59.4 Å². The first kappa shape index (κ1) is 25.7. The Morgan fingerprint density at radius 2 is 1.78 bits per heavy atom. The summed E-state index contributed by atoms with van der Waals surface area (Å²) in [4.78, 5) is 16.2. The predicted octanol–water partition coefficient (Wildman–Crippen LogP) is 4.12. The van der Waals surface area contributed by atoms with E-state index < -0.39 is 63.1 Å². The van der Waals surface area contributed by atoms with Gasteiger partial charge in [-0.3, -0.25) is 9.78 Å². The van der Waals surface area contributed by atoms with Crippen molar-refractivity contribution < 1.29 is 40.4 Å². The van der Waals surface area contributed by atoms with E-state index in [0.29, 0.717) is 12.1 Å². The number of methoxy groups -OCH3 is 1. The van der Waals surface area contributed by atoms with Crippen LogP contribution in [0.15, 0.2) is 36.5 Å². The van der Waals surface area contributed by atoms with Crippen molar-refractivity contribution in [1.29, 1.82) is 0 Å². The Morgan fingerprint density at radius 3 is 2.28 bits per heavy atom. The van der Waals surface area contributed by atoms with E-state index in [-0.39, 0.29) is 5.56 Å². The minimum atomic E-state index is -5.15. The molecular formula is C20H21F5N2O4S. The van der Waals surface area contributed by atoms with Crippen molar-refractivity contribution in [3.8, 4) is 5.75 Å². The first-order valence-electron chi connectivity index (χ1n) is 9.13. The largest absolute Gasteiger partial charge is 0.573 e. The van der Waals surface area contributed by atoms with Crippen LogP contribution in [-0.2, 0) is 26.1 Å². The molecule has 1 aromatic carbocycles. The molecule has 0 saturated carbocycles. The first-order valence-corrected chi connectivity index (χ1v) is 10.3. The van der Waals surface area contributed by atoms with Gasteiger partial charge in [-0.2, -0.15) is 0 Å². The molecule has 176 valence electrons. The summed E-state index contributed by atoms with van der Waals surface area (Å²) >= 11 is 0. The number of rotatable bonds is 7. The number of aromatic nitrogens is 1. The molecule has 12 heteroatoms. The van der Waals surface area contributed by atoms with E-state index in [1.807, 2.05) is 0 Å². The molecule has 0 aliphatic carbocycles. The Bertz CT molecular complexity index is 1010. The molecule has 0 aliphatic rings. The predicted molar refractivity (Wildman–Crippen MR) is 106 cm³/mol. The van der Waals surface area contributed by atoms with E-state index >= 15 is 0 Å². The van der Waals surface area contributed by atoms with E-state index in [1.165, 1.54) is 12.3 Å². The monoisotopic (exact) mass is 480 g/mol. The highest BCUT2D eigenvalue weighted by Crippen LogP contribution is 2.38. The van der Waals surface area contributed by atoms with Crippen LogP contribution >= 0.6 is 0 Å². The van der Waals surface area contributed by atoms with Gasteiger partial charge in [-0.1, -0.05) is 6.07 Å². The molecule has 32 heavy (non-hydrogen) atoms. The molecule has 0 radical (unpaired) electrons. The third-order valence-electron chi connectivity index (χ3n) is 4.27. The van der Waals surface area contributed by atoms with Crippen molar-refractivity contribution in [2.24, 2.45) is 0 Å². The molecule has 2 aromatic rings. The zero-order valence-corrected chi connectivity index (χ0v) is 18.4. The number of halogens is 5. The van der Waals surface area contributed by atoms with Crippen molar-refractivity contribution in [2.75, 3.05) is 7.11 Å². The fraction of sp³-hybridized carbons (Fsp3) is 0.400. The molecule has 0 aliphatic heterocycles. The van der Waals surface area contributed by atoms with Gasteiger partial charge in [0, 0.05) is 6.20 Å². The maximum Gasteiger partial charge on any atom is 0.573 e. The number of carbonyl (C=O) groups is 1. The fourth-order valence-electron chi connectivity index (χ4n) is 2.74. The molecule has 6 nitrogen and oxygen atoms in total. The van der Waals surface area contributed by atoms with Gasteiger partial charge in [0.25, 0.3) is 0 Å². The Labute approximate surface area is 183 Å². The van der Waals surface area contributed by atoms with Crippen LogP contribution in [0.4, 0.5) is 22.0 Å². The number of nitrogens with one attached hydrogen (secondary N) is 1. The molecule has 1 aromatic heterocycles. The summed E-state index contributed by atoms with van der Waals surface area (Å²) in [5, 5.41) is 0. The first-order chi connectivity index (χ1) is 14.7. The van der Waals surface area contributed by atoms with Crippen molar-refractivity contribution in [2.45, 2.75) is 43.8 Å². The smallest absolute Gasteiger partial charge is 0.469 e. The number of hydrogen-bond acceptors (Lipinski definition) is 5. The van der Waals surface area contributed by atoms with Crippen LogP contribution in [0.1, 0.15) is 38.4 Å². The maximum absolute atomic E-state index is 14.9. The summed E-state index contributed by atoms with van der Waals surface area (Å²) in [6, 6.07) is 4.59. The number of pyridine rings is 1. The Hall–Kier alpha value is -2.60. The number of benzene rings is 1. The lowest BCUT2D eigenvalue weighted by Gasteiger charge is -2.36. The lowest BCUT2D eigenvalue weighted by molar-refractivity contribution is -0.275. The van der Waals surface area contributed by atoms with Crippen LogP contribution in [0.2, 0.25) is 0 Å². The standard InChI is InChI=1S/C20H21F5N2O4S/c1-18(2,3)32(29)27-19(11-16(28)30-4,17-13(21)6-5-9-26-17)12-7-8-15(14(22)10-12)31-20(23,24)25/h5-10,27H,11H2,1-4H3. The van der Waals surface area contributed by atoms with Crippen LogP contribution in [-0.4, -0.2) is 33.4 Å². The molecule has 0 bridgehead atoms. The summed E-state index contributed by atoms with van der Waals surface area (Å²) in [6.07, 6.45) is -4.65. The zero-order chi connectivity index (χ0) is 24.3. The third-order valence-corrected chi connectivity index (χ3v) is 5.92. The number of hydrogen-bond donors (Lipinski definition) is 1. The number of alkyl halides is 3. The van der Waals surface area contributed by atoms with E-state index in [1.54, 1.807) is 20.8 Å². The van der Waals surface area contributed by atoms with Gasteiger partial charge < -0.3 is 9.47 Å². The molecular weight excluding hydrogens is 459 g/mol. The van der Waals surface area contributed by atoms with Crippen molar-refractivity contribution in [3.63, 3.8) is 0 Å². The average molecular weight is 480 g/mol. The Morgan fingerprint density at radius 1 is 1.12 bits per heavy atom. The van der Waals surface area contributed by atoms with Gasteiger partial charge in [-0.25, -0.2) is 17.7 Å². The lowest BCUT2D eigenvalue weighted by Crippen LogP contribution is -2.51. The summed E-state index contributed by atoms with van der Waals surface area (Å²) in [6.45, 7) is 4.78. The van der Waals surface area contributed by atoms with Crippen LogP contribution in [0, 0.1) is 11.6 Å². The van der Waals surface area contributed by atoms with Crippen molar-refractivity contribution in [1.82, 2.24) is 9.71 Å². The number of ether oxygens (including phenoxy) is 2. The van der Waals surface area contributed by atoms with Gasteiger partial charge in [0.05, 0.1) is 29.3 Å². The summed E-state index contributed by atoms with van der Waals surface area (Å²) in [5.74, 6) is -4.39. The molecule has 0 spiro atoms. The molecule has 2 atom stereocenters. The molecule has 1 N–H and O–H groups in total. The van der Waals surface area contributed by atoms with Crippen LogP contribution < -0.4 is 9.46 Å². The normalized spacial score (nSPS) is 15.0. The third kappa shape index (κ3) is 6.00. The van der Waals surface area contributed by atoms with E-state index in [2.05, 4.69) is 19.2 Å². The minimum Gasteiger partial charge on any atom is -0.469 e. The van der Waals surface area contributed by atoms with E-state index in [9.17, 15) is 31.0 Å². The molecule has 0 saturated heterocycles. The highest BCUT2D eigenvalue weighted by Gasteiger charge is 2.44. The summed E-state index contributed by atoms with van der Waals surface area (Å²) in [7, 11) is -0.901. The lowest BCUT2D eigenvalue weighted by atomic mass is 9.83. The van der Waals surface area contributed by atoms with Gasteiger partial charge in [0.2, 0.25) is 0 Å². The van der Waals surface area contributed by atoms with Gasteiger partial charge in [0.15, 0.2) is 11.6 Å². The maximum atomic E-state index is 14.9. The number of esters is 1.